The molecule has 8 heteroatoms. The summed E-state index contributed by atoms with van der Waals surface area (Å²) in [5.74, 6) is 0.365. The van der Waals surface area contributed by atoms with E-state index in [0.717, 1.165) is 21.2 Å². The Kier molecular flexibility index (Phi) is 4.80. The SMILES string of the molecule is CN(C)S(=O)(=O)c1cccc(C(=O)NCc2nc3ccccc3n2C)c1. The first-order valence-electron chi connectivity index (χ1n) is 8.02. The summed E-state index contributed by atoms with van der Waals surface area (Å²) in [7, 11) is 1.21. The van der Waals surface area contributed by atoms with E-state index in [4.69, 9.17) is 0 Å². The smallest absolute Gasteiger partial charge is 0.251 e. The van der Waals surface area contributed by atoms with Crippen LogP contribution in [0.5, 0.6) is 0 Å². The first kappa shape index (κ1) is 18.1. The zero-order chi connectivity index (χ0) is 18.9. The average molecular weight is 372 g/mol. The molecule has 0 aliphatic heterocycles. The van der Waals surface area contributed by atoms with E-state index in [1.54, 1.807) is 12.1 Å². The summed E-state index contributed by atoms with van der Waals surface area (Å²) in [4.78, 5) is 17.0. The number of hydrogen-bond acceptors (Lipinski definition) is 4. The van der Waals surface area contributed by atoms with Gasteiger partial charge in [-0.3, -0.25) is 4.79 Å². The van der Waals surface area contributed by atoms with Gasteiger partial charge in [0.1, 0.15) is 5.82 Å². The number of imidazole rings is 1. The number of fused-ring (bicyclic) bond motifs is 1. The Balaban J connectivity index is 1.79. The number of sulfonamides is 1. The van der Waals surface area contributed by atoms with Gasteiger partial charge in [-0.05, 0) is 30.3 Å². The largest absolute Gasteiger partial charge is 0.345 e. The van der Waals surface area contributed by atoms with Gasteiger partial charge in [0, 0.05) is 26.7 Å². The van der Waals surface area contributed by atoms with Crippen LogP contribution in [0, 0.1) is 0 Å². The molecule has 0 saturated carbocycles. The summed E-state index contributed by atoms with van der Waals surface area (Å²) in [5, 5.41) is 2.79. The molecule has 0 fully saturated rings. The molecule has 1 N–H and O–H groups in total. The van der Waals surface area contributed by atoms with Crippen LogP contribution in [0.2, 0.25) is 0 Å². The van der Waals surface area contributed by atoms with Crippen LogP contribution in [0.1, 0.15) is 16.2 Å². The standard InChI is InChI=1S/C18H20N4O3S/c1-21(2)26(24,25)14-8-6-7-13(11-14)18(23)19-12-17-20-15-9-4-5-10-16(15)22(17)3/h4-11H,12H2,1-3H3,(H,19,23). The quantitative estimate of drug-likeness (QED) is 0.740. The lowest BCUT2D eigenvalue weighted by atomic mass is 10.2. The molecule has 1 heterocycles. The zero-order valence-corrected chi connectivity index (χ0v) is 15.6. The second kappa shape index (κ2) is 6.89. The summed E-state index contributed by atoms with van der Waals surface area (Å²) in [5.41, 5.74) is 2.13. The molecule has 0 aliphatic rings. The third-order valence-corrected chi connectivity index (χ3v) is 5.97. The lowest BCUT2D eigenvalue weighted by molar-refractivity contribution is 0.0949. The fourth-order valence-corrected chi connectivity index (χ4v) is 3.57. The van der Waals surface area contributed by atoms with Gasteiger partial charge in [0.2, 0.25) is 10.0 Å². The molecule has 0 unspecified atom stereocenters. The van der Waals surface area contributed by atoms with Crippen LogP contribution in [-0.2, 0) is 23.6 Å². The highest BCUT2D eigenvalue weighted by molar-refractivity contribution is 7.89. The third-order valence-electron chi connectivity index (χ3n) is 4.16. The van der Waals surface area contributed by atoms with Crippen molar-refractivity contribution < 1.29 is 13.2 Å². The molecule has 1 amide bonds. The molecule has 0 bridgehead atoms. The molecule has 26 heavy (non-hydrogen) atoms. The van der Waals surface area contributed by atoms with Gasteiger partial charge < -0.3 is 9.88 Å². The molecule has 2 aromatic carbocycles. The van der Waals surface area contributed by atoms with E-state index in [9.17, 15) is 13.2 Å². The molecule has 7 nitrogen and oxygen atoms in total. The van der Waals surface area contributed by atoms with Crippen molar-refractivity contribution in [1.82, 2.24) is 19.2 Å². The molecular weight excluding hydrogens is 352 g/mol. The molecule has 0 saturated heterocycles. The number of carbonyl (C=O) groups excluding carboxylic acids is 1. The van der Waals surface area contributed by atoms with Gasteiger partial charge in [-0.2, -0.15) is 0 Å². The highest BCUT2D eigenvalue weighted by Crippen LogP contribution is 2.16. The molecule has 0 radical (unpaired) electrons. The minimum absolute atomic E-state index is 0.0814. The van der Waals surface area contributed by atoms with Gasteiger partial charge in [-0.25, -0.2) is 17.7 Å². The average Bonchev–Trinajstić information content (AvgIpc) is 2.96. The molecule has 3 rings (SSSR count). The van der Waals surface area contributed by atoms with Gasteiger partial charge in [0.15, 0.2) is 0 Å². The van der Waals surface area contributed by atoms with Crippen LogP contribution < -0.4 is 5.32 Å². The van der Waals surface area contributed by atoms with E-state index in [1.165, 1.54) is 26.2 Å². The third kappa shape index (κ3) is 3.33. The molecule has 0 atom stereocenters. The van der Waals surface area contributed by atoms with Gasteiger partial charge in [0.05, 0.1) is 22.5 Å². The van der Waals surface area contributed by atoms with E-state index in [0.29, 0.717) is 0 Å². The van der Waals surface area contributed by atoms with Crippen LogP contribution in [-0.4, -0.2) is 42.3 Å². The normalized spacial score (nSPS) is 11.8. The van der Waals surface area contributed by atoms with Crippen molar-refractivity contribution in [2.24, 2.45) is 7.05 Å². The van der Waals surface area contributed by atoms with Gasteiger partial charge in [-0.15, -0.1) is 0 Å². The lowest BCUT2D eigenvalue weighted by Gasteiger charge is -2.12. The van der Waals surface area contributed by atoms with Gasteiger partial charge in [-0.1, -0.05) is 18.2 Å². The van der Waals surface area contributed by atoms with Crippen molar-refractivity contribution in [3.8, 4) is 0 Å². The van der Waals surface area contributed by atoms with Crippen LogP contribution >= 0.6 is 0 Å². The summed E-state index contributed by atoms with van der Waals surface area (Å²) < 4.78 is 27.5. The Labute approximate surface area is 152 Å². The predicted octanol–water partition coefficient (Wildman–Crippen LogP) is 1.75. The summed E-state index contributed by atoms with van der Waals surface area (Å²) in [6.45, 7) is 0.245. The summed E-state index contributed by atoms with van der Waals surface area (Å²) in [6.07, 6.45) is 0. The molecule has 1 aromatic heterocycles. The Bertz CT molecular complexity index is 1070. The molecule has 0 aliphatic carbocycles. The van der Waals surface area contributed by atoms with Crippen molar-refractivity contribution in [2.45, 2.75) is 11.4 Å². The van der Waals surface area contributed by atoms with E-state index < -0.39 is 10.0 Å². The Hall–Kier alpha value is -2.71. The predicted molar refractivity (Wildman–Crippen MR) is 99.2 cm³/mol. The number of aryl methyl sites for hydroxylation is 1. The highest BCUT2D eigenvalue weighted by Gasteiger charge is 2.19. The van der Waals surface area contributed by atoms with Crippen molar-refractivity contribution in [2.75, 3.05) is 14.1 Å². The number of rotatable bonds is 5. The zero-order valence-electron chi connectivity index (χ0n) is 14.8. The Morgan fingerprint density at radius 2 is 1.88 bits per heavy atom. The van der Waals surface area contributed by atoms with Gasteiger partial charge >= 0.3 is 0 Å². The van der Waals surface area contributed by atoms with E-state index in [-0.39, 0.29) is 22.9 Å². The van der Waals surface area contributed by atoms with Crippen LogP contribution in [0.3, 0.4) is 0 Å². The molecule has 3 aromatic rings. The van der Waals surface area contributed by atoms with Crippen molar-refractivity contribution in [3.05, 3.63) is 59.9 Å². The maximum Gasteiger partial charge on any atom is 0.251 e. The van der Waals surface area contributed by atoms with E-state index in [2.05, 4.69) is 10.3 Å². The first-order chi connectivity index (χ1) is 12.3. The van der Waals surface area contributed by atoms with E-state index in [1.807, 2.05) is 35.9 Å². The van der Waals surface area contributed by atoms with Crippen LogP contribution in [0.4, 0.5) is 0 Å². The fraction of sp³-hybridized carbons (Fsp3) is 0.222. The van der Waals surface area contributed by atoms with Crippen molar-refractivity contribution in [1.29, 1.82) is 0 Å². The van der Waals surface area contributed by atoms with Crippen molar-refractivity contribution >= 4 is 27.0 Å². The topological polar surface area (TPSA) is 84.3 Å². The van der Waals surface area contributed by atoms with E-state index >= 15 is 0 Å². The Morgan fingerprint density at radius 1 is 1.15 bits per heavy atom. The number of nitrogens with zero attached hydrogens (tertiary/aromatic N) is 3. The number of carbonyl (C=O) groups is 1. The van der Waals surface area contributed by atoms with Gasteiger partial charge in [0.25, 0.3) is 5.91 Å². The molecule has 0 spiro atoms. The second-order valence-corrected chi connectivity index (χ2v) is 8.23. The van der Waals surface area contributed by atoms with Crippen LogP contribution in [0.25, 0.3) is 11.0 Å². The van der Waals surface area contributed by atoms with Crippen molar-refractivity contribution in [3.63, 3.8) is 0 Å². The fourth-order valence-electron chi connectivity index (χ4n) is 2.62. The second-order valence-electron chi connectivity index (χ2n) is 6.07. The molecule has 136 valence electrons. The number of para-hydroxylation sites is 2. The number of aromatic nitrogens is 2. The lowest BCUT2D eigenvalue weighted by Crippen LogP contribution is -2.26. The summed E-state index contributed by atoms with van der Waals surface area (Å²) >= 11 is 0. The maximum atomic E-state index is 12.4. The minimum Gasteiger partial charge on any atom is -0.345 e. The summed E-state index contributed by atoms with van der Waals surface area (Å²) in [6, 6.07) is 13.7. The molecular formula is C18H20N4O3S. The highest BCUT2D eigenvalue weighted by atomic mass is 32.2. The number of hydrogen-bond donors (Lipinski definition) is 1. The monoisotopic (exact) mass is 372 g/mol. The Morgan fingerprint density at radius 3 is 2.58 bits per heavy atom. The first-order valence-corrected chi connectivity index (χ1v) is 9.46. The number of amides is 1. The minimum atomic E-state index is -3.59. The maximum absolute atomic E-state index is 12.4. The number of benzene rings is 2. The number of nitrogens with one attached hydrogen (secondary N) is 1. The van der Waals surface area contributed by atoms with Crippen LogP contribution in [0.15, 0.2) is 53.4 Å².